The molecule has 0 amide bonds. The van der Waals surface area contributed by atoms with Crippen molar-refractivity contribution in [2.24, 2.45) is 5.73 Å². The molecule has 31 heavy (non-hydrogen) atoms. The van der Waals surface area contributed by atoms with Crippen molar-refractivity contribution in [3.63, 3.8) is 0 Å². The molecule has 0 bridgehead atoms. The molecular formula is C24H21ClN2O4. The molecule has 1 heterocycles. The van der Waals surface area contributed by atoms with Gasteiger partial charge in [-0.15, -0.1) is 0 Å². The van der Waals surface area contributed by atoms with Gasteiger partial charge in [0.05, 0.1) is 13.0 Å². The van der Waals surface area contributed by atoms with Crippen LogP contribution in [0, 0.1) is 11.3 Å². The highest BCUT2D eigenvalue weighted by Crippen LogP contribution is 2.45. The lowest BCUT2D eigenvalue weighted by atomic mass is 9.77. The van der Waals surface area contributed by atoms with Crippen molar-refractivity contribution in [2.45, 2.75) is 31.8 Å². The minimum atomic E-state index is -0.586. The minimum absolute atomic E-state index is 0.0215. The summed E-state index contributed by atoms with van der Waals surface area (Å²) in [5.41, 5.74) is 8.39. The van der Waals surface area contributed by atoms with Crippen molar-refractivity contribution in [1.29, 1.82) is 5.26 Å². The Morgan fingerprint density at radius 1 is 1.23 bits per heavy atom. The third kappa shape index (κ3) is 4.10. The summed E-state index contributed by atoms with van der Waals surface area (Å²) in [7, 11) is 1.54. The maximum Gasteiger partial charge on any atom is 0.205 e. The number of rotatable bonds is 5. The summed E-state index contributed by atoms with van der Waals surface area (Å²) >= 11 is 6.04. The van der Waals surface area contributed by atoms with Crippen molar-refractivity contribution in [1.82, 2.24) is 0 Å². The van der Waals surface area contributed by atoms with Gasteiger partial charge in [-0.1, -0.05) is 29.8 Å². The number of Topliss-reactive ketones (excluding diaryl/α,β-unsaturated/α-hetero) is 1. The summed E-state index contributed by atoms with van der Waals surface area (Å²) in [6, 6.07) is 14.9. The summed E-state index contributed by atoms with van der Waals surface area (Å²) < 4.78 is 17.1. The highest BCUT2D eigenvalue weighted by atomic mass is 35.5. The number of nitrogens with two attached hydrogens (primary N) is 1. The normalized spacial score (nSPS) is 18.2. The van der Waals surface area contributed by atoms with Gasteiger partial charge in [0.1, 0.15) is 24.0 Å². The summed E-state index contributed by atoms with van der Waals surface area (Å²) in [6.45, 7) is 0.317. The zero-order valence-electron chi connectivity index (χ0n) is 17.0. The average Bonchev–Trinajstić information content (AvgIpc) is 2.77. The number of methoxy groups -OCH3 is 1. The first-order valence-corrected chi connectivity index (χ1v) is 10.3. The van der Waals surface area contributed by atoms with E-state index in [4.69, 9.17) is 31.5 Å². The molecule has 0 unspecified atom stereocenters. The molecule has 1 aliphatic heterocycles. The van der Waals surface area contributed by atoms with Crippen molar-refractivity contribution in [2.75, 3.05) is 7.11 Å². The van der Waals surface area contributed by atoms with Crippen LogP contribution in [-0.2, 0) is 16.1 Å². The van der Waals surface area contributed by atoms with Gasteiger partial charge in [-0.05, 0) is 41.8 Å². The van der Waals surface area contributed by atoms with Crippen molar-refractivity contribution in [3.05, 3.63) is 81.4 Å². The van der Waals surface area contributed by atoms with E-state index in [2.05, 4.69) is 6.07 Å². The zero-order valence-corrected chi connectivity index (χ0v) is 17.7. The Labute approximate surface area is 185 Å². The predicted octanol–water partition coefficient (Wildman–Crippen LogP) is 4.74. The fraction of sp³-hybridized carbons (Fsp3) is 0.250. The number of carbonyl (C=O) groups excluding carboxylic acids is 1. The molecule has 0 saturated carbocycles. The molecule has 158 valence electrons. The maximum atomic E-state index is 12.7. The Bertz CT molecular complexity index is 1150. The quantitative estimate of drug-likeness (QED) is 0.727. The molecule has 0 aromatic heterocycles. The molecule has 4 rings (SSSR count). The molecule has 2 aromatic rings. The summed E-state index contributed by atoms with van der Waals surface area (Å²) in [5, 5.41) is 10.4. The topological polar surface area (TPSA) is 94.6 Å². The number of nitrogens with zero attached hydrogens (tertiary/aromatic N) is 1. The number of benzene rings is 2. The van der Waals surface area contributed by atoms with Crippen LogP contribution in [0.1, 0.15) is 36.3 Å². The van der Waals surface area contributed by atoms with Crippen molar-refractivity contribution in [3.8, 4) is 17.6 Å². The van der Waals surface area contributed by atoms with Gasteiger partial charge < -0.3 is 19.9 Å². The van der Waals surface area contributed by atoms with E-state index >= 15 is 0 Å². The molecule has 0 radical (unpaired) electrons. The van der Waals surface area contributed by atoms with E-state index < -0.39 is 5.92 Å². The Hall–Kier alpha value is -3.43. The standard InChI is InChI=1S/C24H21ClN2O4/c1-29-21-11-15(8-9-19(21)30-13-14-4-2-5-16(25)10-14)22-17(12-26)24(27)31-20-7-3-6-18(28)23(20)22/h2,4-5,8-11,22H,3,6-7,13,27H2,1H3/t22-/m0/s1. The van der Waals surface area contributed by atoms with Gasteiger partial charge in [0.2, 0.25) is 5.88 Å². The Kier molecular flexibility index (Phi) is 5.88. The third-order valence-corrected chi connectivity index (χ3v) is 5.64. The highest BCUT2D eigenvalue weighted by Gasteiger charge is 2.38. The lowest BCUT2D eigenvalue weighted by molar-refractivity contribution is -0.116. The summed E-state index contributed by atoms with van der Waals surface area (Å²) in [4.78, 5) is 12.7. The molecule has 2 aliphatic rings. The van der Waals surface area contributed by atoms with E-state index in [1.165, 1.54) is 0 Å². The second-order valence-corrected chi connectivity index (χ2v) is 7.80. The summed E-state index contributed by atoms with van der Waals surface area (Å²) in [6.07, 6.45) is 1.75. The molecule has 1 aliphatic carbocycles. The van der Waals surface area contributed by atoms with Gasteiger partial charge in [-0.2, -0.15) is 5.26 Å². The average molecular weight is 437 g/mol. The smallest absolute Gasteiger partial charge is 0.205 e. The SMILES string of the molecule is COc1cc([C@H]2C(C#N)=C(N)OC3=C2C(=O)CCC3)ccc1OCc1cccc(Cl)c1. The van der Waals surface area contributed by atoms with Crippen LogP contribution in [0.2, 0.25) is 5.02 Å². The van der Waals surface area contributed by atoms with Crippen LogP contribution in [-0.4, -0.2) is 12.9 Å². The van der Waals surface area contributed by atoms with E-state index in [0.717, 1.165) is 11.1 Å². The van der Waals surface area contributed by atoms with Crippen LogP contribution < -0.4 is 15.2 Å². The first kappa shape index (κ1) is 20.8. The van der Waals surface area contributed by atoms with Gasteiger partial charge >= 0.3 is 0 Å². The number of carbonyl (C=O) groups is 1. The molecule has 0 saturated heterocycles. The van der Waals surface area contributed by atoms with Gasteiger partial charge in [-0.25, -0.2) is 0 Å². The molecule has 2 N–H and O–H groups in total. The second kappa shape index (κ2) is 8.75. The van der Waals surface area contributed by atoms with Crippen LogP contribution in [0.15, 0.2) is 65.3 Å². The van der Waals surface area contributed by atoms with Crippen LogP contribution in [0.3, 0.4) is 0 Å². The number of ether oxygens (including phenoxy) is 3. The van der Waals surface area contributed by atoms with Crippen LogP contribution in [0.5, 0.6) is 11.5 Å². The number of halogens is 1. The highest BCUT2D eigenvalue weighted by molar-refractivity contribution is 6.30. The minimum Gasteiger partial charge on any atom is -0.493 e. The first-order valence-electron chi connectivity index (χ1n) is 9.90. The number of nitriles is 1. The number of ketones is 1. The zero-order chi connectivity index (χ0) is 22.0. The second-order valence-electron chi connectivity index (χ2n) is 7.37. The Morgan fingerprint density at radius 2 is 2.06 bits per heavy atom. The Morgan fingerprint density at radius 3 is 2.81 bits per heavy atom. The lowest BCUT2D eigenvalue weighted by Gasteiger charge is -2.31. The van der Waals surface area contributed by atoms with E-state index in [-0.39, 0.29) is 17.2 Å². The van der Waals surface area contributed by atoms with Crippen molar-refractivity contribution < 1.29 is 19.0 Å². The van der Waals surface area contributed by atoms with Gasteiger partial charge in [-0.3, -0.25) is 4.79 Å². The number of allylic oxidation sites excluding steroid dienone is 3. The van der Waals surface area contributed by atoms with Gasteiger partial charge in [0.15, 0.2) is 17.3 Å². The fourth-order valence-corrected chi connectivity index (χ4v) is 4.17. The molecule has 0 spiro atoms. The van der Waals surface area contributed by atoms with E-state index in [9.17, 15) is 10.1 Å². The lowest BCUT2D eigenvalue weighted by Crippen LogP contribution is -2.27. The molecule has 0 fully saturated rings. The first-order chi connectivity index (χ1) is 15.0. The van der Waals surface area contributed by atoms with Gasteiger partial charge in [0, 0.05) is 23.4 Å². The van der Waals surface area contributed by atoms with Crippen LogP contribution in [0.25, 0.3) is 0 Å². The third-order valence-electron chi connectivity index (χ3n) is 5.41. The van der Waals surface area contributed by atoms with Crippen LogP contribution in [0.4, 0.5) is 0 Å². The Balaban J connectivity index is 1.68. The molecule has 2 aromatic carbocycles. The molecule has 6 nitrogen and oxygen atoms in total. The summed E-state index contributed by atoms with van der Waals surface area (Å²) in [5.74, 6) is 1.02. The van der Waals surface area contributed by atoms with E-state index in [1.54, 1.807) is 25.3 Å². The number of hydrogen-bond donors (Lipinski definition) is 1. The van der Waals surface area contributed by atoms with Gasteiger partial charge in [0.25, 0.3) is 0 Å². The molecule has 7 heteroatoms. The van der Waals surface area contributed by atoms with E-state index in [1.807, 2.05) is 24.3 Å². The van der Waals surface area contributed by atoms with E-state index in [0.29, 0.717) is 53.7 Å². The van der Waals surface area contributed by atoms with Crippen molar-refractivity contribution >= 4 is 17.4 Å². The molecule has 1 atom stereocenters. The maximum absolute atomic E-state index is 12.7. The predicted molar refractivity (Wildman–Crippen MR) is 115 cm³/mol. The largest absolute Gasteiger partial charge is 0.493 e. The van der Waals surface area contributed by atoms with Crippen LogP contribution >= 0.6 is 11.6 Å². The number of hydrogen-bond acceptors (Lipinski definition) is 6. The monoisotopic (exact) mass is 436 g/mol. The fourth-order valence-electron chi connectivity index (χ4n) is 3.96. The molecular weight excluding hydrogens is 416 g/mol.